The summed E-state index contributed by atoms with van der Waals surface area (Å²) in [4.78, 5) is 0. The van der Waals surface area contributed by atoms with E-state index in [1.165, 1.54) is 5.56 Å². The fourth-order valence-electron chi connectivity index (χ4n) is 0.954. The molecule has 0 aromatic heterocycles. The number of rotatable bonds is 3. The lowest BCUT2D eigenvalue weighted by atomic mass is 10.2. The van der Waals surface area contributed by atoms with Crippen LogP contribution in [-0.2, 0) is 6.42 Å². The fourth-order valence-corrected chi connectivity index (χ4v) is 0.954. The van der Waals surface area contributed by atoms with E-state index in [1.807, 2.05) is 19.1 Å². The van der Waals surface area contributed by atoms with Gasteiger partial charge in [0.15, 0.2) is 0 Å². The Kier molecular flexibility index (Phi) is 3.33. The van der Waals surface area contributed by atoms with Crippen LogP contribution in [0.2, 0.25) is 0 Å². The smallest absolute Gasteiger partial charge is 0.0561 e. The van der Waals surface area contributed by atoms with Gasteiger partial charge in [0.1, 0.15) is 0 Å². The van der Waals surface area contributed by atoms with Crippen molar-refractivity contribution in [3.05, 3.63) is 29.8 Å². The maximum absolute atomic E-state index is 3.92. The Morgan fingerprint density at radius 3 is 2.50 bits per heavy atom. The summed E-state index contributed by atoms with van der Waals surface area (Å²) >= 11 is 0. The normalized spacial score (nSPS) is 10.5. The van der Waals surface area contributed by atoms with E-state index in [-0.39, 0.29) is 0 Å². The summed E-state index contributed by atoms with van der Waals surface area (Å²) in [5.41, 5.74) is 5.30. The second-order valence-corrected chi connectivity index (χ2v) is 2.55. The molecule has 1 N–H and O–H groups in total. The van der Waals surface area contributed by atoms with Crippen LogP contribution in [0.5, 0.6) is 0 Å². The molecule has 0 saturated heterocycles. The van der Waals surface area contributed by atoms with Crippen molar-refractivity contribution >= 4 is 11.9 Å². The van der Waals surface area contributed by atoms with E-state index < -0.39 is 0 Å². The van der Waals surface area contributed by atoms with Crippen LogP contribution in [0.3, 0.4) is 0 Å². The molecule has 0 spiro atoms. The van der Waals surface area contributed by atoms with E-state index in [9.17, 15) is 0 Å². The predicted molar refractivity (Wildman–Crippen MR) is 53.6 cm³/mol. The minimum Gasteiger partial charge on any atom is -0.279 e. The van der Waals surface area contributed by atoms with Crippen molar-refractivity contribution in [3.63, 3.8) is 0 Å². The van der Waals surface area contributed by atoms with Crippen molar-refractivity contribution in [1.82, 2.24) is 0 Å². The number of hydrogen-bond acceptors (Lipinski definition) is 2. The third-order valence-corrected chi connectivity index (χ3v) is 1.68. The lowest BCUT2D eigenvalue weighted by Crippen LogP contribution is -1.88. The lowest BCUT2D eigenvalue weighted by molar-refractivity contribution is 1.14. The number of nitrogens with zero attached hydrogens (tertiary/aromatic N) is 1. The Hall–Kier alpha value is -1.31. The molecule has 0 saturated carbocycles. The Labute approximate surface area is 73.3 Å². The van der Waals surface area contributed by atoms with Crippen molar-refractivity contribution in [2.75, 3.05) is 5.43 Å². The van der Waals surface area contributed by atoms with Gasteiger partial charge in [-0.2, -0.15) is 5.10 Å². The molecule has 0 fully saturated rings. The van der Waals surface area contributed by atoms with Gasteiger partial charge in [-0.05, 0) is 31.0 Å². The molecular weight excluding hydrogens is 148 g/mol. The fraction of sp³-hybridized carbons (Fsp3) is 0.300. The molecule has 0 bridgehead atoms. The average Bonchev–Trinajstić information content (AvgIpc) is 2.15. The van der Waals surface area contributed by atoms with Crippen molar-refractivity contribution in [1.29, 1.82) is 0 Å². The van der Waals surface area contributed by atoms with Crippen LogP contribution in [0.1, 0.15) is 19.4 Å². The van der Waals surface area contributed by atoms with Gasteiger partial charge in [-0.3, -0.25) is 5.43 Å². The molecule has 0 aliphatic rings. The van der Waals surface area contributed by atoms with E-state index in [0.29, 0.717) is 0 Å². The predicted octanol–water partition coefficient (Wildman–Crippen LogP) is 2.67. The Bertz CT molecular complexity index is 249. The van der Waals surface area contributed by atoms with Gasteiger partial charge >= 0.3 is 0 Å². The number of aryl methyl sites for hydroxylation is 1. The lowest BCUT2D eigenvalue weighted by Gasteiger charge is -2.00. The summed E-state index contributed by atoms with van der Waals surface area (Å²) in [6, 6.07) is 8.28. The van der Waals surface area contributed by atoms with Crippen LogP contribution in [0.4, 0.5) is 5.69 Å². The van der Waals surface area contributed by atoms with Gasteiger partial charge in [0.25, 0.3) is 0 Å². The summed E-state index contributed by atoms with van der Waals surface area (Å²) in [5, 5.41) is 3.92. The van der Waals surface area contributed by atoms with Crippen LogP contribution >= 0.6 is 0 Å². The highest BCUT2D eigenvalue weighted by molar-refractivity contribution is 5.56. The SMILES string of the molecule is CC=NNc1ccc(CC)cc1. The summed E-state index contributed by atoms with van der Waals surface area (Å²) < 4.78 is 0. The highest BCUT2D eigenvalue weighted by Gasteiger charge is 1.89. The quantitative estimate of drug-likeness (QED) is 0.536. The first kappa shape index (κ1) is 8.78. The summed E-state index contributed by atoms with van der Waals surface area (Å²) in [7, 11) is 0. The summed E-state index contributed by atoms with van der Waals surface area (Å²) in [6.07, 6.45) is 2.81. The molecule has 12 heavy (non-hydrogen) atoms. The zero-order chi connectivity index (χ0) is 8.81. The monoisotopic (exact) mass is 162 g/mol. The molecule has 1 aromatic rings. The van der Waals surface area contributed by atoms with E-state index >= 15 is 0 Å². The molecule has 1 aromatic carbocycles. The molecule has 64 valence electrons. The Balaban J connectivity index is 2.64. The molecule has 0 aliphatic carbocycles. The Morgan fingerprint density at radius 2 is 2.00 bits per heavy atom. The maximum atomic E-state index is 3.92. The second-order valence-electron chi connectivity index (χ2n) is 2.55. The third kappa shape index (κ3) is 2.38. The molecule has 0 heterocycles. The molecule has 0 atom stereocenters. The molecule has 0 amide bonds. The largest absolute Gasteiger partial charge is 0.279 e. The average molecular weight is 162 g/mol. The molecule has 1 rings (SSSR count). The highest BCUT2D eigenvalue weighted by Crippen LogP contribution is 2.09. The van der Waals surface area contributed by atoms with Crippen LogP contribution in [0, 0.1) is 0 Å². The summed E-state index contributed by atoms with van der Waals surface area (Å²) in [5.74, 6) is 0. The van der Waals surface area contributed by atoms with Crippen molar-refractivity contribution in [3.8, 4) is 0 Å². The van der Waals surface area contributed by atoms with Gasteiger partial charge in [0, 0.05) is 6.21 Å². The molecule has 2 heteroatoms. The maximum Gasteiger partial charge on any atom is 0.0561 e. The van der Waals surface area contributed by atoms with E-state index in [0.717, 1.165) is 12.1 Å². The van der Waals surface area contributed by atoms with Gasteiger partial charge in [-0.25, -0.2) is 0 Å². The van der Waals surface area contributed by atoms with Crippen molar-refractivity contribution < 1.29 is 0 Å². The first-order valence-electron chi connectivity index (χ1n) is 4.19. The van der Waals surface area contributed by atoms with E-state index in [4.69, 9.17) is 0 Å². The van der Waals surface area contributed by atoms with Crippen LogP contribution in [-0.4, -0.2) is 6.21 Å². The van der Waals surface area contributed by atoms with Gasteiger partial charge in [0.05, 0.1) is 5.69 Å². The topological polar surface area (TPSA) is 24.4 Å². The van der Waals surface area contributed by atoms with E-state index in [2.05, 4.69) is 29.6 Å². The minimum absolute atomic E-state index is 1.03. The van der Waals surface area contributed by atoms with E-state index in [1.54, 1.807) is 6.21 Å². The minimum atomic E-state index is 1.03. The van der Waals surface area contributed by atoms with Crippen LogP contribution < -0.4 is 5.43 Å². The van der Waals surface area contributed by atoms with Crippen LogP contribution in [0.15, 0.2) is 29.4 Å². The molecule has 0 radical (unpaired) electrons. The number of hydrazone groups is 1. The first-order valence-corrected chi connectivity index (χ1v) is 4.19. The van der Waals surface area contributed by atoms with Crippen LogP contribution in [0.25, 0.3) is 0 Å². The second kappa shape index (κ2) is 4.54. The number of nitrogens with one attached hydrogen (secondary N) is 1. The first-order chi connectivity index (χ1) is 5.86. The summed E-state index contributed by atoms with van der Waals surface area (Å²) in [6.45, 7) is 4.03. The van der Waals surface area contributed by atoms with Gasteiger partial charge in [-0.1, -0.05) is 19.1 Å². The molecule has 0 aliphatic heterocycles. The van der Waals surface area contributed by atoms with Gasteiger partial charge < -0.3 is 0 Å². The number of hydrogen-bond donors (Lipinski definition) is 1. The highest BCUT2D eigenvalue weighted by atomic mass is 15.3. The Morgan fingerprint density at radius 1 is 1.33 bits per heavy atom. The van der Waals surface area contributed by atoms with Crippen molar-refractivity contribution in [2.24, 2.45) is 5.10 Å². The number of anilines is 1. The molecular formula is C10H14N2. The van der Waals surface area contributed by atoms with Gasteiger partial charge in [-0.15, -0.1) is 0 Å². The molecule has 2 nitrogen and oxygen atoms in total. The third-order valence-electron chi connectivity index (χ3n) is 1.68. The zero-order valence-corrected chi connectivity index (χ0v) is 7.54. The van der Waals surface area contributed by atoms with Crippen molar-refractivity contribution in [2.45, 2.75) is 20.3 Å². The number of benzene rings is 1. The van der Waals surface area contributed by atoms with Gasteiger partial charge in [0.2, 0.25) is 0 Å². The standard InChI is InChI=1S/C10H14N2/c1-3-9-5-7-10(8-6-9)12-11-4-2/h4-8,12H,3H2,1-2H3. The zero-order valence-electron chi connectivity index (χ0n) is 7.54. The molecule has 0 unspecified atom stereocenters.